The van der Waals surface area contributed by atoms with Gasteiger partial charge in [0.25, 0.3) is 0 Å². The van der Waals surface area contributed by atoms with Crippen molar-refractivity contribution in [1.82, 2.24) is 0 Å². The smallest absolute Gasteiger partial charge is 0.310 e. The maximum atomic E-state index is 12.4. The number of carboxylic acid groups (broad SMARTS) is 1. The first-order valence-electron chi connectivity index (χ1n) is 10.2. The van der Waals surface area contributed by atoms with E-state index < -0.39 is 17.8 Å². The molecule has 0 amide bonds. The SMILES string of the molecule is CCCCCCCCCCC(CC)OC(=O)C1CC=CCC1C(=O)O. The summed E-state index contributed by atoms with van der Waals surface area (Å²) < 4.78 is 5.64. The van der Waals surface area contributed by atoms with Gasteiger partial charge in [-0.3, -0.25) is 9.59 Å². The van der Waals surface area contributed by atoms with Crippen molar-refractivity contribution in [3.05, 3.63) is 12.2 Å². The summed E-state index contributed by atoms with van der Waals surface area (Å²) in [6.45, 7) is 4.26. The number of hydrogen-bond donors (Lipinski definition) is 1. The van der Waals surface area contributed by atoms with Gasteiger partial charge in [0.1, 0.15) is 6.10 Å². The molecule has 3 unspecified atom stereocenters. The Morgan fingerprint density at radius 3 is 2.08 bits per heavy atom. The van der Waals surface area contributed by atoms with E-state index in [0.29, 0.717) is 12.8 Å². The molecule has 3 atom stereocenters. The van der Waals surface area contributed by atoms with Crippen molar-refractivity contribution in [3.63, 3.8) is 0 Å². The van der Waals surface area contributed by atoms with Crippen molar-refractivity contribution >= 4 is 11.9 Å². The molecule has 0 spiro atoms. The van der Waals surface area contributed by atoms with Gasteiger partial charge in [0.2, 0.25) is 0 Å². The van der Waals surface area contributed by atoms with E-state index in [1.165, 1.54) is 44.9 Å². The number of esters is 1. The molecule has 0 saturated carbocycles. The lowest BCUT2D eigenvalue weighted by Crippen LogP contribution is -2.34. The second kappa shape index (κ2) is 13.0. The van der Waals surface area contributed by atoms with E-state index in [1.54, 1.807) is 0 Å². The van der Waals surface area contributed by atoms with Crippen molar-refractivity contribution < 1.29 is 19.4 Å². The van der Waals surface area contributed by atoms with Crippen LogP contribution >= 0.6 is 0 Å². The normalized spacial score (nSPS) is 21.0. The first-order valence-corrected chi connectivity index (χ1v) is 10.2. The predicted octanol–water partition coefficient (Wildman–Crippen LogP) is 5.51. The molecule has 1 N–H and O–H groups in total. The van der Waals surface area contributed by atoms with Crippen LogP contribution in [0.2, 0.25) is 0 Å². The van der Waals surface area contributed by atoms with E-state index in [-0.39, 0.29) is 12.1 Å². The van der Waals surface area contributed by atoms with Crippen molar-refractivity contribution in [2.45, 2.75) is 97.0 Å². The molecule has 0 aromatic heterocycles. The Kier molecular flexibility index (Phi) is 11.3. The Balaban J connectivity index is 2.26. The predicted molar refractivity (Wildman–Crippen MR) is 100 cm³/mol. The molecule has 0 fully saturated rings. The second-order valence-electron chi connectivity index (χ2n) is 7.22. The fourth-order valence-corrected chi connectivity index (χ4v) is 3.45. The summed E-state index contributed by atoms with van der Waals surface area (Å²) >= 11 is 0. The minimum Gasteiger partial charge on any atom is -0.481 e. The number of carbonyl (C=O) groups is 2. The molecular formula is C21H36O4. The molecular weight excluding hydrogens is 316 g/mol. The minimum absolute atomic E-state index is 0.0760. The van der Waals surface area contributed by atoms with Gasteiger partial charge in [0.05, 0.1) is 11.8 Å². The Morgan fingerprint density at radius 1 is 0.960 bits per heavy atom. The zero-order chi connectivity index (χ0) is 18.5. The van der Waals surface area contributed by atoms with Crippen LogP contribution in [0.5, 0.6) is 0 Å². The maximum absolute atomic E-state index is 12.4. The third-order valence-corrected chi connectivity index (χ3v) is 5.17. The van der Waals surface area contributed by atoms with Crippen LogP contribution in [0.3, 0.4) is 0 Å². The van der Waals surface area contributed by atoms with Gasteiger partial charge in [-0.1, -0.05) is 70.9 Å². The van der Waals surface area contributed by atoms with Gasteiger partial charge in [-0.15, -0.1) is 0 Å². The number of ether oxygens (including phenoxy) is 1. The average Bonchev–Trinajstić information content (AvgIpc) is 2.62. The van der Waals surface area contributed by atoms with Crippen molar-refractivity contribution in [2.24, 2.45) is 11.8 Å². The summed E-state index contributed by atoms with van der Waals surface area (Å²) in [6, 6.07) is 0. The van der Waals surface area contributed by atoms with Gasteiger partial charge in [0.15, 0.2) is 0 Å². The van der Waals surface area contributed by atoms with Gasteiger partial charge in [-0.25, -0.2) is 0 Å². The first kappa shape index (κ1) is 21.7. The second-order valence-corrected chi connectivity index (χ2v) is 7.22. The van der Waals surface area contributed by atoms with Crippen LogP contribution in [0.25, 0.3) is 0 Å². The van der Waals surface area contributed by atoms with Crippen LogP contribution in [-0.4, -0.2) is 23.1 Å². The number of aliphatic carboxylic acids is 1. The molecule has 0 aromatic carbocycles. The van der Waals surface area contributed by atoms with E-state index in [9.17, 15) is 14.7 Å². The first-order chi connectivity index (χ1) is 12.1. The quantitative estimate of drug-likeness (QED) is 0.270. The van der Waals surface area contributed by atoms with Gasteiger partial charge >= 0.3 is 11.9 Å². The summed E-state index contributed by atoms with van der Waals surface area (Å²) in [6.07, 6.45) is 16.3. The number of allylic oxidation sites excluding steroid dienone is 2. The van der Waals surface area contributed by atoms with E-state index in [0.717, 1.165) is 19.3 Å². The molecule has 1 aliphatic rings. The topological polar surface area (TPSA) is 63.6 Å². The highest BCUT2D eigenvalue weighted by Gasteiger charge is 2.35. The highest BCUT2D eigenvalue weighted by molar-refractivity contribution is 5.81. The number of rotatable bonds is 13. The summed E-state index contributed by atoms with van der Waals surface area (Å²) in [7, 11) is 0. The molecule has 0 aromatic rings. The molecule has 0 saturated heterocycles. The summed E-state index contributed by atoms with van der Waals surface area (Å²) in [5, 5.41) is 9.29. The monoisotopic (exact) mass is 352 g/mol. The average molecular weight is 353 g/mol. The Hall–Kier alpha value is -1.32. The third kappa shape index (κ3) is 8.55. The van der Waals surface area contributed by atoms with Crippen LogP contribution in [0, 0.1) is 11.8 Å². The van der Waals surface area contributed by atoms with Crippen LogP contribution in [-0.2, 0) is 14.3 Å². The molecule has 25 heavy (non-hydrogen) atoms. The molecule has 144 valence electrons. The third-order valence-electron chi connectivity index (χ3n) is 5.17. The van der Waals surface area contributed by atoms with E-state index in [4.69, 9.17) is 4.74 Å². The molecule has 1 aliphatic carbocycles. The fraction of sp³-hybridized carbons (Fsp3) is 0.810. The van der Waals surface area contributed by atoms with Crippen LogP contribution in [0.15, 0.2) is 12.2 Å². The number of carboxylic acids is 1. The molecule has 4 nitrogen and oxygen atoms in total. The van der Waals surface area contributed by atoms with Crippen molar-refractivity contribution in [2.75, 3.05) is 0 Å². The zero-order valence-electron chi connectivity index (χ0n) is 16.0. The van der Waals surface area contributed by atoms with E-state index >= 15 is 0 Å². The Bertz CT molecular complexity index is 416. The Morgan fingerprint density at radius 2 is 1.52 bits per heavy atom. The van der Waals surface area contributed by atoms with Crippen LogP contribution < -0.4 is 0 Å². The van der Waals surface area contributed by atoms with E-state index in [1.807, 2.05) is 19.1 Å². The zero-order valence-corrected chi connectivity index (χ0v) is 16.0. The molecule has 0 bridgehead atoms. The molecule has 0 aliphatic heterocycles. The van der Waals surface area contributed by atoms with Gasteiger partial charge in [0, 0.05) is 0 Å². The minimum atomic E-state index is -0.901. The molecule has 1 rings (SSSR count). The highest BCUT2D eigenvalue weighted by Crippen LogP contribution is 2.28. The van der Waals surface area contributed by atoms with Gasteiger partial charge < -0.3 is 9.84 Å². The molecule has 0 radical (unpaired) electrons. The Labute approximate surface area is 153 Å². The van der Waals surface area contributed by atoms with Gasteiger partial charge in [-0.2, -0.15) is 0 Å². The number of hydrogen-bond acceptors (Lipinski definition) is 3. The molecule has 4 heteroatoms. The van der Waals surface area contributed by atoms with Gasteiger partial charge in [-0.05, 0) is 32.1 Å². The van der Waals surface area contributed by atoms with Crippen LogP contribution in [0.4, 0.5) is 0 Å². The summed E-state index contributed by atoms with van der Waals surface area (Å²) in [5.41, 5.74) is 0. The largest absolute Gasteiger partial charge is 0.481 e. The van der Waals surface area contributed by atoms with Crippen molar-refractivity contribution in [3.8, 4) is 0 Å². The van der Waals surface area contributed by atoms with Crippen molar-refractivity contribution in [1.29, 1.82) is 0 Å². The lowest BCUT2D eigenvalue weighted by molar-refractivity contribution is -0.162. The lowest BCUT2D eigenvalue weighted by Gasteiger charge is -2.26. The van der Waals surface area contributed by atoms with E-state index in [2.05, 4.69) is 6.92 Å². The summed E-state index contributed by atoms with van der Waals surface area (Å²) in [5.74, 6) is -2.40. The number of carbonyl (C=O) groups excluding carboxylic acids is 1. The van der Waals surface area contributed by atoms with Crippen LogP contribution in [0.1, 0.15) is 90.9 Å². The standard InChI is InChI=1S/C21H36O4/c1-3-5-6-7-8-9-10-11-14-17(4-2)25-21(24)19-16-13-12-15-18(19)20(22)23/h12-13,17-19H,3-11,14-16H2,1-2H3,(H,22,23). The lowest BCUT2D eigenvalue weighted by atomic mass is 9.83. The number of unbranched alkanes of at least 4 members (excludes halogenated alkanes) is 7. The highest BCUT2D eigenvalue weighted by atomic mass is 16.5. The maximum Gasteiger partial charge on any atom is 0.310 e. The summed E-state index contributed by atoms with van der Waals surface area (Å²) in [4.78, 5) is 23.7. The fourth-order valence-electron chi connectivity index (χ4n) is 3.45. The molecule has 0 heterocycles.